The number of ether oxygens (including phenoxy) is 2. The lowest BCUT2D eigenvalue weighted by Crippen LogP contribution is -2.62. The molecular weight excluding hydrogens is 504 g/mol. The molecule has 0 saturated carbocycles. The van der Waals surface area contributed by atoms with E-state index in [9.17, 15) is 10.1 Å². The van der Waals surface area contributed by atoms with Gasteiger partial charge < -0.3 is 9.47 Å². The number of rotatable bonds is 8. The summed E-state index contributed by atoms with van der Waals surface area (Å²) in [5.41, 5.74) is 3.60. The lowest BCUT2D eigenvalue weighted by molar-refractivity contribution is -0.759. The Labute approximate surface area is 223 Å². The van der Waals surface area contributed by atoms with Gasteiger partial charge >= 0.3 is 5.88 Å². The fourth-order valence-electron chi connectivity index (χ4n) is 3.98. The van der Waals surface area contributed by atoms with Crippen LogP contribution in [-0.4, -0.2) is 55.3 Å². The van der Waals surface area contributed by atoms with Gasteiger partial charge in [0, 0.05) is 11.1 Å². The van der Waals surface area contributed by atoms with Gasteiger partial charge in [-0.05, 0) is 23.8 Å². The average Bonchev–Trinajstić information content (AvgIpc) is 3.45. The van der Waals surface area contributed by atoms with Crippen LogP contribution in [0.25, 0.3) is 22.4 Å². The summed E-state index contributed by atoms with van der Waals surface area (Å²) in [7, 11) is 1.61. The highest BCUT2D eigenvalue weighted by Gasteiger charge is 2.24. The third kappa shape index (κ3) is 5.77. The molecule has 0 spiro atoms. The smallest absolute Gasteiger partial charge is 0.305 e. The van der Waals surface area contributed by atoms with E-state index in [-0.39, 0.29) is 17.5 Å². The summed E-state index contributed by atoms with van der Waals surface area (Å²) in [6.07, 6.45) is 1.62. The Bertz CT molecular complexity index is 1450. The largest absolute Gasteiger partial charge is 0.497 e. The normalized spacial score (nSPS) is 13.1. The average molecular weight is 530 g/mol. The van der Waals surface area contributed by atoms with Crippen molar-refractivity contribution >= 4 is 23.6 Å². The van der Waals surface area contributed by atoms with Crippen molar-refractivity contribution in [2.75, 3.05) is 49.5 Å². The first-order valence-corrected chi connectivity index (χ1v) is 12.9. The SMILES string of the molecule is COc1ccc(-c2cc(-c3ccccc3)nc(SCC(=O)Nc3c[n+](N4CCOCC4)no3)c2C#N)cc1. The number of anilines is 1. The van der Waals surface area contributed by atoms with Crippen LogP contribution < -0.4 is 19.9 Å². The van der Waals surface area contributed by atoms with Crippen molar-refractivity contribution in [3.8, 4) is 34.2 Å². The van der Waals surface area contributed by atoms with Crippen LogP contribution in [0.1, 0.15) is 5.56 Å². The Kier molecular flexibility index (Phi) is 7.82. The van der Waals surface area contributed by atoms with Crippen molar-refractivity contribution in [3.05, 3.63) is 72.4 Å². The molecule has 10 nitrogen and oxygen atoms in total. The number of hydrogen-bond acceptors (Lipinski definition) is 9. The lowest BCUT2D eigenvalue weighted by atomic mass is 9.99. The third-order valence-corrected chi connectivity index (χ3v) is 6.88. The summed E-state index contributed by atoms with van der Waals surface area (Å²) >= 11 is 1.19. The van der Waals surface area contributed by atoms with Crippen molar-refractivity contribution in [2.45, 2.75) is 5.03 Å². The molecule has 3 heterocycles. The number of nitrogens with zero attached hydrogens (tertiary/aromatic N) is 5. The van der Waals surface area contributed by atoms with Gasteiger partial charge in [-0.2, -0.15) is 5.26 Å². The minimum absolute atomic E-state index is 0.0280. The highest BCUT2D eigenvalue weighted by molar-refractivity contribution is 8.00. The zero-order valence-corrected chi connectivity index (χ0v) is 21.5. The first-order valence-electron chi connectivity index (χ1n) is 11.9. The molecule has 4 aromatic rings. The van der Waals surface area contributed by atoms with Crippen LogP contribution in [0.5, 0.6) is 5.75 Å². The van der Waals surface area contributed by atoms with Crippen molar-refractivity contribution in [1.29, 1.82) is 5.26 Å². The van der Waals surface area contributed by atoms with Crippen molar-refractivity contribution < 1.29 is 23.6 Å². The van der Waals surface area contributed by atoms with Gasteiger partial charge in [0.2, 0.25) is 11.2 Å². The van der Waals surface area contributed by atoms with Crippen LogP contribution in [0.15, 0.2) is 76.4 Å². The van der Waals surface area contributed by atoms with Gasteiger partial charge in [0.15, 0.2) is 0 Å². The number of nitriles is 1. The fraction of sp³-hybridized carbons (Fsp3) is 0.222. The Balaban J connectivity index is 1.38. The first-order chi connectivity index (χ1) is 18.6. The molecule has 1 fully saturated rings. The quantitative estimate of drug-likeness (QED) is 0.271. The Hall–Kier alpha value is -4.40. The summed E-state index contributed by atoms with van der Waals surface area (Å²) in [5.74, 6) is 0.674. The van der Waals surface area contributed by atoms with Crippen LogP contribution in [0, 0.1) is 11.3 Å². The number of hydrogen-bond donors (Lipinski definition) is 1. The van der Waals surface area contributed by atoms with E-state index in [2.05, 4.69) is 16.7 Å². The number of morpholine rings is 1. The molecule has 1 amide bonds. The fourth-order valence-corrected chi connectivity index (χ4v) is 4.78. The van der Waals surface area contributed by atoms with E-state index in [1.165, 1.54) is 11.8 Å². The summed E-state index contributed by atoms with van der Waals surface area (Å²) in [5, 5.41) is 19.2. The molecule has 0 aliphatic carbocycles. The van der Waals surface area contributed by atoms with Crippen molar-refractivity contribution in [2.24, 2.45) is 0 Å². The molecule has 0 bridgehead atoms. The number of benzene rings is 2. The molecule has 0 unspecified atom stereocenters. The van der Waals surface area contributed by atoms with E-state index in [1.54, 1.807) is 18.1 Å². The van der Waals surface area contributed by atoms with Gasteiger partial charge in [-0.15, -0.1) is 5.01 Å². The Morgan fingerprint density at radius 3 is 2.63 bits per heavy atom. The number of carbonyl (C=O) groups is 1. The lowest BCUT2D eigenvalue weighted by Gasteiger charge is -2.18. The second kappa shape index (κ2) is 11.8. The maximum absolute atomic E-state index is 12.8. The predicted octanol–water partition coefficient (Wildman–Crippen LogP) is 3.27. The van der Waals surface area contributed by atoms with E-state index in [0.717, 1.165) is 22.4 Å². The summed E-state index contributed by atoms with van der Waals surface area (Å²) < 4.78 is 15.9. The molecule has 5 rings (SSSR count). The predicted molar refractivity (Wildman–Crippen MR) is 141 cm³/mol. The van der Waals surface area contributed by atoms with Crippen LogP contribution in [0.4, 0.5) is 5.88 Å². The maximum Gasteiger partial charge on any atom is 0.305 e. The van der Waals surface area contributed by atoms with Gasteiger partial charge in [-0.1, -0.05) is 54.2 Å². The molecule has 1 aliphatic rings. The number of nitrogens with one attached hydrogen (secondary N) is 1. The second-order valence-corrected chi connectivity index (χ2v) is 9.30. The first kappa shape index (κ1) is 25.3. The third-order valence-electron chi connectivity index (χ3n) is 5.90. The molecule has 1 saturated heterocycles. The van der Waals surface area contributed by atoms with Gasteiger partial charge in [-0.25, -0.2) is 4.98 Å². The Morgan fingerprint density at radius 1 is 1.16 bits per heavy atom. The van der Waals surface area contributed by atoms with Crippen LogP contribution in [0.3, 0.4) is 0 Å². The van der Waals surface area contributed by atoms with Gasteiger partial charge in [-0.3, -0.25) is 14.6 Å². The molecule has 2 aromatic heterocycles. The standard InChI is InChI=1S/C27H24N6O4S/c1-35-21-9-7-19(8-10-21)22-15-24(20-5-3-2-4-6-20)29-27(23(22)16-28)38-18-25(34)30-26-17-33(31-37-26)32-11-13-36-14-12-32/h2-10,15,17H,11-14,18H2,1H3/p+1. The topological polar surface area (TPSA) is 117 Å². The minimum Gasteiger partial charge on any atom is -0.497 e. The van der Waals surface area contributed by atoms with Crippen molar-refractivity contribution in [1.82, 2.24) is 10.3 Å². The number of methoxy groups -OCH3 is 1. The van der Waals surface area contributed by atoms with Crippen LogP contribution >= 0.6 is 11.8 Å². The molecule has 38 heavy (non-hydrogen) atoms. The van der Waals surface area contributed by atoms with E-state index in [0.29, 0.717) is 42.6 Å². The molecule has 1 aliphatic heterocycles. The molecular formula is C27H25N6O4S+. The number of carbonyl (C=O) groups excluding carboxylic acids is 1. The van der Waals surface area contributed by atoms with Gasteiger partial charge in [0.05, 0.1) is 55.2 Å². The monoisotopic (exact) mass is 529 g/mol. The van der Waals surface area contributed by atoms with E-state index >= 15 is 0 Å². The zero-order valence-electron chi connectivity index (χ0n) is 20.7. The van der Waals surface area contributed by atoms with E-state index in [4.69, 9.17) is 19.0 Å². The van der Waals surface area contributed by atoms with Gasteiger partial charge in [0.1, 0.15) is 16.8 Å². The number of amides is 1. The Morgan fingerprint density at radius 2 is 1.92 bits per heavy atom. The molecule has 1 N–H and O–H groups in total. The van der Waals surface area contributed by atoms with Gasteiger partial charge in [0.25, 0.3) is 6.20 Å². The van der Waals surface area contributed by atoms with Crippen LogP contribution in [-0.2, 0) is 9.53 Å². The summed E-state index contributed by atoms with van der Waals surface area (Å²) in [4.78, 5) is 19.1. The molecule has 0 atom stereocenters. The number of thioether (sulfide) groups is 1. The summed E-state index contributed by atoms with van der Waals surface area (Å²) in [6, 6.07) is 21.4. The minimum atomic E-state index is -0.304. The molecule has 2 aromatic carbocycles. The second-order valence-electron chi connectivity index (χ2n) is 8.33. The van der Waals surface area contributed by atoms with Crippen LogP contribution in [0.2, 0.25) is 0 Å². The summed E-state index contributed by atoms with van der Waals surface area (Å²) in [6.45, 7) is 2.56. The molecule has 192 valence electrons. The highest BCUT2D eigenvalue weighted by atomic mass is 32.2. The maximum atomic E-state index is 12.8. The zero-order chi connectivity index (χ0) is 26.3. The number of pyridine rings is 1. The highest BCUT2D eigenvalue weighted by Crippen LogP contribution is 2.34. The van der Waals surface area contributed by atoms with E-state index in [1.807, 2.05) is 65.7 Å². The van der Waals surface area contributed by atoms with Crippen molar-refractivity contribution in [3.63, 3.8) is 0 Å². The molecule has 11 heteroatoms. The van der Waals surface area contributed by atoms with E-state index < -0.39 is 0 Å². The number of aromatic nitrogens is 3. The molecule has 0 radical (unpaired) electrons.